The van der Waals surface area contributed by atoms with Crippen molar-refractivity contribution in [1.82, 2.24) is 9.88 Å². The molecule has 27 heavy (non-hydrogen) atoms. The molecule has 1 aromatic heterocycles. The zero-order valence-corrected chi connectivity index (χ0v) is 16.9. The summed E-state index contributed by atoms with van der Waals surface area (Å²) in [7, 11) is 0. The first-order chi connectivity index (χ1) is 13.0. The van der Waals surface area contributed by atoms with E-state index in [0.29, 0.717) is 24.8 Å². The number of para-hydroxylation sites is 1. The molecular weight excluding hydrogens is 404 g/mol. The Labute approximate surface area is 167 Å². The van der Waals surface area contributed by atoms with Crippen LogP contribution < -0.4 is 5.32 Å². The molecule has 4 rings (SSSR count). The highest BCUT2D eigenvalue weighted by Gasteiger charge is 2.25. The van der Waals surface area contributed by atoms with E-state index in [2.05, 4.69) is 52.4 Å². The zero-order chi connectivity index (χ0) is 19.0. The van der Waals surface area contributed by atoms with Crippen LogP contribution in [0.2, 0.25) is 0 Å². The van der Waals surface area contributed by atoms with Crippen LogP contribution in [-0.2, 0) is 13.1 Å². The number of carbonyl (C=O) groups is 1. The van der Waals surface area contributed by atoms with Crippen molar-refractivity contribution in [3.63, 3.8) is 0 Å². The molecule has 0 atom stereocenters. The predicted octanol–water partition coefficient (Wildman–Crippen LogP) is 5.10. The third kappa shape index (κ3) is 3.54. The van der Waals surface area contributed by atoms with Crippen LogP contribution in [-0.4, -0.2) is 21.7 Å². The number of carboxylic acid groups (broad SMARTS) is 1. The highest BCUT2D eigenvalue weighted by atomic mass is 79.9. The second-order valence-corrected chi connectivity index (χ2v) is 8.20. The number of halogens is 1. The Hall–Kier alpha value is -2.11. The van der Waals surface area contributed by atoms with Crippen molar-refractivity contribution >= 4 is 32.8 Å². The topological polar surface area (TPSA) is 54.3 Å². The smallest absolute Gasteiger partial charge is 0.352 e. The van der Waals surface area contributed by atoms with Crippen molar-refractivity contribution in [3.05, 3.63) is 69.3 Å². The van der Waals surface area contributed by atoms with Crippen LogP contribution in [0.15, 0.2) is 46.9 Å². The lowest BCUT2D eigenvalue weighted by molar-refractivity contribution is 0.0684. The molecule has 0 spiro atoms. The molecule has 5 heteroatoms. The number of rotatable bonds is 6. The quantitative estimate of drug-likeness (QED) is 0.576. The molecule has 3 aromatic rings. The van der Waals surface area contributed by atoms with Crippen LogP contribution in [0.4, 0.5) is 0 Å². The monoisotopic (exact) mass is 426 g/mol. The maximum Gasteiger partial charge on any atom is 0.352 e. The van der Waals surface area contributed by atoms with E-state index in [1.165, 1.54) is 24.8 Å². The van der Waals surface area contributed by atoms with E-state index in [-0.39, 0.29) is 0 Å². The van der Waals surface area contributed by atoms with Crippen molar-refractivity contribution in [2.24, 2.45) is 0 Å². The third-order valence-corrected chi connectivity index (χ3v) is 6.11. The lowest BCUT2D eigenvalue weighted by atomic mass is 9.93. The van der Waals surface area contributed by atoms with Crippen LogP contribution in [0.3, 0.4) is 0 Å². The normalized spacial score (nSPS) is 14.4. The number of aryl methyl sites for hydroxylation is 1. The van der Waals surface area contributed by atoms with Gasteiger partial charge in [0.1, 0.15) is 5.69 Å². The molecular formula is C22H23BrN2O2. The maximum absolute atomic E-state index is 12.2. The number of nitrogens with one attached hydrogen (secondary N) is 1. The third-order valence-electron chi connectivity index (χ3n) is 5.47. The summed E-state index contributed by atoms with van der Waals surface area (Å²) >= 11 is 3.64. The lowest BCUT2D eigenvalue weighted by Gasteiger charge is -2.26. The second-order valence-electron chi connectivity index (χ2n) is 7.35. The van der Waals surface area contributed by atoms with Gasteiger partial charge in [-0.15, -0.1) is 0 Å². The van der Waals surface area contributed by atoms with Gasteiger partial charge in [0.15, 0.2) is 0 Å². The summed E-state index contributed by atoms with van der Waals surface area (Å²) in [6.07, 6.45) is 3.60. The molecule has 2 N–H and O–H groups in total. The average molecular weight is 427 g/mol. The summed E-state index contributed by atoms with van der Waals surface area (Å²) in [6, 6.07) is 14.7. The molecule has 0 amide bonds. The Morgan fingerprint density at radius 2 is 1.96 bits per heavy atom. The molecule has 0 unspecified atom stereocenters. The number of hydrogen-bond acceptors (Lipinski definition) is 2. The molecule has 0 bridgehead atoms. The van der Waals surface area contributed by atoms with E-state index in [1.54, 1.807) is 0 Å². The second kappa shape index (κ2) is 7.49. The first kappa shape index (κ1) is 18.3. The number of nitrogens with zero attached hydrogens (tertiary/aromatic N) is 1. The summed E-state index contributed by atoms with van der Waals surface area (Å²) in [4.78, 5) is 12.2. The summed E-state index contributed by atoms with van der Waals surface area (Å²) in [5.74, 6) is -0.879. The van der Waals surface area contributed by atoms with Gasteiger partial charge < -0.3 is 15.0 Å². The van der Waals surface area contributed by atoms with Crippen molar-refractivity contribution in [1.29, 1.82) is 0 Å². The summed E-state index contributed by atoms with van der Waals surface area (Å²) in [6.45, 7) is 3.17. The number of benzene rings is 2. The SMILES string of the molecule is Cc1ccc(Cn2c(C(=O)O)c(CNC3CCC3)c3cccc(Br)c32)cc1. The summed E-state index contributed by atoms with van der Waals surface area (Å²) < 4.78 is 2.86. The minimum absolute atomic E-state index is 0.379. The number of carboxylic acids is 1. The van der Waals surface area contributed by atoms with Crippen LogP contribution >= 0.6 is 15.9 Å². The largest absolute Gasteiger partial charge is 0.477 e. The Morgan fingerprint density at radius 1 is 1.22 bits per heavy atom. The molecule has 0 radical (unpaired) electrons. The van der Waals surface area contributed by atoms with Gasteiger partial charge in [-0.05, 0) is 47.3 Å². The van der Waals surface area contributed by atoms with Gasteiger partial charge in [0.2, 0.25) is 0 Å². The van der Waals surface area contributed by atoms with Crippen molar-refractivity contribution in [2.45, 2.75) is 45.3 Å². The van der Waals surface area contributed by atoms with Gasteiger partial charge in [-0.1, -0.05) is 48.4 Å². The van der Waals surface area contributed by atoms with Gasteiger partial charge in [0.05, 0.1) is 5.52 Å². The lowest BCUT2D eigenvalue weighted by Crippen LogP contribution is -2.34. The molecule has 0 aliphatic heterocycles. The first-order valence-corrected chi connectivity index (χ1v) is 10.2. The molecule has 140 valence electrons. The summed E-state index contributed by atoms with van der Waals surface area (Å²) in [5.41, 5.74) is 4.48. The van der Waals surface area contributed by atoms with Gasteiger partial charge in [0.25, 0.3) is 0 Å². The first-order valence-electron chi connectivity index (χ1n) is 9.36. The van der Waals surface area contributed by atoms with Crippen molar-refractivity contribution in [3.8, 4) is 0 Å². The van der Waals surface area contributed by atoms with Gasteiger partial charge >= 0.3 is 5.97 Å². The van der Waals surface area contributed by atoms with Gasteiger partial charge in [-0.2, -0.15) is 0 Å². The van der Waals surface area contributed by atoms with Crippen molar-refractivity contribution < 1.29 is 9.90 Å². The van der Waals surface area contributed by atoms with E-state index < -0.39 is 5.97 Å². The number of hydrogen-bond donors (Lipinski definition) is 2. The number of aromatic carboxylic acids is 1. The molecule has 2 aromatic carbocycles. The Kier molecular flexibility index (Phi) is 5.06. The van der Waals surface area contributed by atoms with Gasteiger partial charge in [0, 0.05) is 34.6 Å². The number of aromatic nitrogens is 1. The highest BCUT2D eigenvalue weighted by molar-refractivity contribution is 9.10. The van der Waals surface area contributed by atoms with Crippen molar-refractivity contribution in [2.75, 3.05) is 0 Å². The van der Waals surface area contributed by atoms with Crippen LogP contribution in [0.5, 0.6) is 0 Å². The van der Waals surface area contributed by atoms with Crippen LogP contribution in [0.1, 0.15) is 46.4 Å². The van der Waals surface area contributed by atoms with E-state index in [9.17, 15) is 9.90 Å². The van der Waals surface area contributed by atoms with E-state index in [0.717, 1.165) is 26.5 Å². The Morgan fingerprint density at radius 3 is 2.59 bits per heavy atom. The number of fused-ring (bicyclic) bond motifs is 1. The molecule has 0 saturated heterocycles. The van der Waals surface area contributed by atoms with Crippen LogP contribution in [0, 0.1) is 6.92 Å². The Balaban J connectivity index is 1.83. The zero-order valence-electron chi connectivity index (χ0n) is 15.3. The molecule has 1 aliphatic carbocycles. The average Bonchev–Trinajstić information content (AvgIpc) is 2.91. The van der Waals surface area contributed by atoms with Gasteiger partial charge in [-0.3, -0.25) is 0 Å². The molecule has 1 aliphatic rings. The minimum Gasteiger partial charge on any atom is -0.477 e. The Bertz CT molecular complexity index is 988. The van der Waals surface area contributed by atoms with Gasteiger partial charge in [-0.25, -0.2) is 4.79 Å². The van der Waals surface area contributed by atoms with E-state index in [4.69, 9.17) is 0 Å². The predicted molar refractivity (Wildman–Crippen MR) is 111 cm³/mol. The maximum atomic E-state index is 12.2. The highest BCUT2D eigenvalue weighted by Crippen LogP contribution is 2.33. The standard InChI is InChI=1S/C22H23BrN2O2/c1-14-8-10-15(11-9-14)13-25-20-17(6-3-7-19(20)23)18(21(25)22(26)27)12-24-16-4-2-5-16/h3,6-11,16,24H,2,4-5,12-13H2,1H3,(H,26,27). The molecule has 1 saturated carbocycles. The van der Waals surface area contributed by atoms with Crippen LogP contribution in [0.25, 0.3) is 10.9 Å². The van der Waals surface area contributed by atoms with E-state index in [1.807, 2.05) is 22.8 Å². The van der Waals surface area contributed by atoms with E-state index >= 15 is 0 Å². The minimum atomic E-state index is -0.879. The fourth-order valence-electron chi connectivity index (χ4n) is 3.75. The summed E-state index contributed by atoms with van der Waals surface area (Å²) in [5, 5.41) is 14.6. The molecule has 1 fully saturated rings. The molecule has 1 heterocycles. The fourth-order valence-corrected chi connectivity index (χ4v) is 4.33. The fraction of sp³-hybridized carbons (Fsp3) is 0.318. The molecule has 4 nitrogen and oxygen atoms in total.